The quantitative estimate of drug-likeness (QED) is 0.845. The minimum Gasteiger partial charge on any atom is -0.508 e. The van der Waals surface area contributed by atoms with Crippen molar-refractivity contribution in [2.75, 3.05) is 0 Å². The Bertz CT molecular complexity index is 603. The fourth-order valence-corrected chi connectivity index (χ4v) is 1.65. The van der Waals surface area contributed by atoms with Crippen LogP contribution in [0.3, 0.4) is 0 Å². The summed E-state index contributed by atoms with van der Waals surface area (Å²) in [6, 6.07) is 11.5. The number of nitrogens with zero attached hydrogens (tertiary/aromatic N) is 1. The van der Waals surface area contributed by atoms with E-state index < -0.39 is 11.7 Å². The number of hydrogen-bond donors (Lipinski definition) is 1. The number of aromatic hydroxyl groups is 1. The predicted molar refractivity (Wildman–Crippen MR) is 70.8 cm³/mol. The molecule has 0 radical (unpaired) electrons. The van der Waals surface area contributed by atoms with Crippen LogP contribution in [0.5, 0.6) is 5.75 Å². The number of aliphatic imine (C=N–C) groups is 1. The number of hydrogen-bond acceptors (Lipinski definition) is 2. The van der Waals surface area contributed by atoms with Crippen LogP contribution in [-0.2, 0) is 12.7 Å². The molecule has 0 amide bonds. The van der Waals surface area contributed by atoms with E-state index in [0.29, 0.717) is 11.1 Å². The Morgan fingerprint density at radius 3 is 2.25 bits per heavy atom. The number of benzene rings is 2. The largest absolute Gasteiger partial charge is 0.508 e. The Balaban J connectivity index is 2.04. The van der Waals surface area contributed by atoms with Crippen LogP contribution in [-0.4, -0.2) is 11.3 Å². The maximum Gasteiger partial charge on any atom is 0.416 e. The summed E-state index contributed by atoms with van der Waals surface area (Å²) in [6.07, 6.45) is -2.85. The standard InChI is InChI=1S/C15H12F3NO/c16-15(17,18)13-7-5-11(6-8-13)9-19-10-12-3-1-2-4-14(12)20/h1-9,20H,10H2. The van der Waals surface area contributed by atoms with Gasteiger partial charge in [-0.25, -0.2) is 0 Å². The zero-order valence-electron chi connectivity index (χ0n) is 10.4. The molecule has 0 aliphatic heterocycles. The molecule has 104 valence electrons. The minimum atomic E-state index is -4.33. The summed E-state index contributed by atoms with van der Waals surface area (Å²) in [5, 5.41) is 9.53. The fourth-order valence-electron chi connectivity index (χ4n) is 1.65. The molecule has 0 saturated carbocycles. The SMILES string of the molecule is Oc1ccccc1CN=Cc1ccc(C(F)(F)F)cc1. The third-order valence-electron chi connectivity index (χ3n) is 2.73. The van der Waals surface area contributed by atoms with Gasteiger partial charge >= 0.3 is 6.18 Å². The topological polar surface area (TPSA) is 32.6 Å². The average Bonchev–Trinajstić information content (AvgIpc) is 2.40. The third kappa shape index (κ3) is 3.60. The van der Waals surface area contributed by atoms with Crippen LogP contribution in [0.1, 0.15) is 16.7 Å². The van der Waals surface area contributed by atoms with Gasteiger partial charge in [0.05, 0.1) is 12.1 Å². The van der Waals surface area contributed by atoms with E-state index in [9.17, 15) is 18.3 Å². The highest BCUT2D eigenvalue weighted by molar-refractivity contribution is 5.79. The molecule has 0 aromatic heterocycles. The number of phenols is 1. The second-order valence-electron chi connectivity index (χ2n) is 4.22. The molecule has 2 nitrogen and oxygen atoms in total. The molecule has 0 atom stereocenters. The van der Waals surface area contributed by atoms with Gasteiger partial charge in [-0.2, -0.15) is 13.2 Å². The van der Waals surface area contributed by atoms with Crippen molar-refractivity contribution in [3.05, 3.63) is 65.2 Å². The molecule has 0 heterocycles. The van der Waals surface area contributed by atoms with E-state index in [1.165, 1.54) is 18.3 Å². The van der Waals surface area contributed by atoms with E-state index in [2.05, 4.69) is 4.99 Å². The smallest absolute Gasteiger partial charge is 0.416 e. The molecule has 5 heteroatoms. The predicted octanol–water partition coefficient (Wildman–Crippen LogP) is 4.03. The van der Waals surface area contributed by atoms with E-state index >= 15 is 0 Å². The molecule has 20 heavy (non-hydrogen) atoms. The van der Waals surface area contributed by atoms with Crippen LogP contribution in [0, 0.1) is 0 Å². The van der Waals surface area contributed by atoms with Crippen molar-refractivity contribution >= 4 is 6.21 Å². The number of alkyl halides is 3. The molecule has 2 aromatic carbocycles. The first kappa shape index (κ1) is 14.1. The van der Waals surface area contributed by atoms with Gasteiger partial charge < -0.3 is 5.11 Å². The van der Waals surface area contributed by atoms with Crippen molar-refractivity contribution < 1.29 is 18.3 Å². The molecule has 2 rings (SSSR count). The van der Waals surface area contributed by atoms with Gasteiger partial charge in [0.2, 0.25) is 0 Å². The van der Waals surface area contributed by atoms with Crippen molar-refractivity contribution in [1.82, 2.24) is 0 Å². The molecule has 0 bridgehead atoms. The summed E-state index contributed by atoms with van der Waals surface area (Å²) >= 11 is 0. The summed E-state index contributed by atoms with van der Waals surface area (Å²) in [7, 11) is 0. The highest BCUT2D eigenvalue weighted by atomic mass is 19.4. The number of rotatable bonds is 3. The molecule has 0 spiro atoms. The Labute approximate surface area is 114 Å². The lowest BCUT2D eigenvalue weighted by atomic mass is 10.1. The lowest BCUT2D eigenvalue weighted by molar-refractivity contribution is -0.137. The first-order valence-corrected chi connectivity index (χ1v) is 5.91. The third-order valence-corrected chi connectivity index (χ3v) is 2.73. The van der Waals surface area contributed by atoms with Crippen LogP contribution in [0.15, 0.2) is 53.5 Å². The number of halogens is 3. The van der Waals surface area contributed by atoms with Gasteiger partial charge in [0.1, 0.15) is 5.75 Å². The molecule has 0 aliphatic rings. The summed E-state index contributed by atoms with van der Waals surface area (Å²) in [5.41, 5.74) is 0.555. The van der Waals surface area contributed by atoms with Crippen molar-refractivity contribution in [3.8, 4) is 5.75 Å². The second-order valence-corrected chi connectivity index (χ2v) is 4.22. The maximum absolute atomic E-state index is 12.4. The van der Waals surface area contributed by atoms with Crippen LogP contribution >= 0.6 is 0 Å². The maximum atomic E-state index is 12.4. The van der Waals surface area contributed by atoms with Gasteiger partial charge in [-0.15, -0.1) is 0 Å². The molecule has 0 aliphatic carbocycles. The molecule has 0 unspecified atom stereocenters. The lowest BCUT2D eigenvalue weighted by Gasteiger charge is -2.05. The Morgan fingerprint density at radius 2 is 1.65 bits per heavy atom. The minimum absolute atomic E-state index is 0.150. The highest BCUT2D eigenvalue weighted by Crippen LogP contribution is 2.28. The van der Waals surface area contributed by atoms with E-state index in [4.69, 9.17) is 0 Å². The zero-order valence-corrected chi connectivity index (χ0v) is 10.4. The Morgan fingerprint density at radius 1 is 1.00 bits per heavy atom. The first-order valence-electron chi connectivity index (χ1n) is 5.91. The number of para-hydroxylation sites is 1. The van der Waals surface area contributed by atoms with Crippen LogP contribution in [0.25, 0.3) is 0 Å². The molecular weight excluding hydrogens is 267 g/mol. The summed E-state index contributed by atoms with van der Waals surface area (Å²) in [4.78, 5) is 4.10. The van der Waals surface area contributed by atoms with E-state index in [-0.39, 0.29) is 12.3 Å². The Kier molecular flexibility index (Phi) is 4.08. The average molecular weight is 279 g/mol. The molecule has 0 fully saturated rings. The second kappa shape index (κ2) is 5.77. The lowest BCUT2D eigenvalue weighted by Crippen LogP contribution is -2.04. The van der Waals surface area contributed by atoms with Gasteiger partial charge in [0.25, 0.3) is 0 Å². The van der Waals surface area contributed by atoms with Crippen molar-refractivity contribution in [2.24, 2.45) is 4.99 Å². The first-order chi connectivity index (χ1) is 9.47. The van der Waals surface area contributed by atoms with E-state index in [1.807, 2.05) is 0 Å². The van der Waals surface area contributed by atoms with Gasteiger partial charge in [-0.05, 0) is 23.8 Å². The van der Waals surface area contributed by atoms with Gasteiger partial charge in [0, 0.05) is 11.8 Å². The van der Waals surface area contributed by atoms with Gasteiger partial charge in [0.15, 0.2) is 0 Å². The highest BCUT2D eigenvalue weighted by Gasteiger charge is 2.29. The van der Waals surface area contributed by atoms with E-state index in [0.717, 1.165) is 12.1 Å². The molecular formula is C15H12F3NO. The van der Waals surface area contributed by atoms with Crippen molar-refractivity contribution in [3.63, 3.8) is 0 Å². The van der Waals surface area contributed by atoms with Crippen LogP contribution < -0.4 is 0 Å². The van der Waals surface area contributed by atoms with Crippen LogP contribution in [0.4, 0.5) is 13.2 Å². The fraction of sp³-hybridized carbons (Fsp3) is 0.133. The van der Waals surface area contributed by atoms with Crippen LogP contribution in [0.2, 0.25) is 0 Å². The Hall–Kier alpha value is -2.30. The normalized spacial score (nSPS) is 11.9. The molecule has 2 aromatic rings. The van der Waals surface area contributed by atoms with Gasteiger partial charge in [-0.1, -0.05) is 30.3 Å². The monoisotopic (exact) mass is 279 g/mol. The van der Waals surface area contributed by atoms with Crippen molar-refractivity contribution in [1.29, 1.82) is 0 Å². The van der Waals surface area contributed by atoms with Gasteiger partial charge in [-0.3, -0.25) is 4.99 Å². The summed E-state index contributed by atoms with van der Waals surface area (Å²) in [5.74, 6) is 0.150. The zero-order chi connectivity index (χ0) is 14.6. The number of phenolic OH excluding ortho intramolecular Hbond substituents is 1. The molecule has 0 saturated heterocycles. The van der Waals surface area contributed by atoms with Crippen molar-refractivity contribution in [2.45, 2.75) is 12.7 Å². The summed E-state index contributed by atoms with van der Waals surface area (Å²) in [6.45, 7) is 0.272. The van der Waals surface area contributed by atoms with E-state index in [1.54, 1.807) is 24.3 Å². The summed E-state index contributed by atoms with van der Waals surface area (Å²) < 4.78 is 37.1. The molecule has 1 N–H and O–H groups in total.